The van der Waals surface area contributed by atoms with Crippen LogP contribution in [0.5, 0.6) is 0 Å². The van der Waals surface area contributed by atoms with Crippen LogP contribution in [0.2, 0.25) is 0 Å². The molecular formula is C87H96BN3O. The van der Waals surface area contributed by atoms with Crippen molar-refractivity contribution in [3.05, 3.63) is 214 Å². The Hall–Kier alpha value is -7.76. The third-order valence-corrected chi connectivity index (χ3v) is 23.4. The van der Waals surface area contributed by atoms with Crippen LogP contribution in [0, 0.1) is 6.92 Å². The highest BCUT2D eigenvalue weighted by Gasteiger charge is 2.49. The molecule has 10 aromatic rings. The second kappa shape index (κ2) is 20.1. The molecule has 0 atom stereocenters. The van der Waals surface area contributed by atoms with Crippen molar-refractivity contribution in [2.24, 2.45) is 0 Å². The Morgan fingerprint density at radius 2 is 0.957 bits per heavy atom. The predicted octanol–water partition coefficient (Wildman–Crippen LogP) is 23.4. The number of aryl methyl sites for hydroxylation is 1. The van der Waals surface area contributed by atoms with Crippen molar-refractivity contribution in [2.45, 2.75) is 213 Å². The second-order valence-electron chi connectivity index (χ2n) is 34.7. The summed E-state index contributed by atoms with van der Waals surface area (Å²) in [6.07, 6.45) is 6.84. The summed E-state index contributed by atoms with van der Waals surface area (Å²) in [6, 6.07) is 65.0. The first kappa shape index (κ1) is 60.5. The molecule has 4 nitrogen and oxygen atoms in total. The van der Waals surface area contributed by atoms with Gasteiger partial charge in [-0.15, -0.1) is 0 Å². The van der Waals surface area contributed by atoms with Crippen molar-refractivity contribution in [2.75, 3.05) is 14.6 Å². The van der Waals surface area contributed by atoms with Gasteiger partial charge in [0.25, 0.3) is 0 Å². The first-order valence-electron chi connectivity index (χ1n) is 34.6. The zero-order chi connectivity index (χ0) is 64.9. The lowest BCUT2D eigenvalue weighted by Crippen LogP contribution is -2.61. The van der Waals surface area contributed by atoms with Gasteiger partial charge in [-0.05, 0) is 251 Å². The number of rotatable bonds is 6. The monoisotopic (exact) mass is 1210 g/mol. The third-order valence-electron chi connectivity index (χ3n) is 23.4. The van der Waals surface area contributed by atoms with Gasteiger partial charge in [0.15, 0.2) is 0 Å². The summed E-state index contributed by atoms with van der Waals surface area (Å²) in [4.78, 5) is 8.05. The van der Waals surface area contributed by atoms with Gasteiger partial charge in [-0.25, -0.2) is 0 Å². The van der Waals surface area contributed by atoms with Crippen molar-refractivity contribution in [1.29, 1.82) is 0 Å². The minimum atomic E-state index is -0.235. The van der Waals surface area contributed by atoms with Gasteiger partial charge in [0.1, 0.15) is 11.2 Å². The van der Waals surface area contributed by atoms with Crippen LogP contribution >= 0.6 is 0 Å². The van der Waals surface area contributed by atoms with E-state index in [0.717, 1.165) is 83.4 Å². The zero-order valence-electron chi connectivity index (χ0n) is 58.7. The summed E-state index contributed by atoms with van der Waals surface area (Å²) in [5, 5.41) is 2.36. The minimum Gasteiger partial charge on any atom is -0.455 e. The van der Waals surface area contributed by atoms with Gasteiger partial charge < -0.3 is 19.0 Å². The molecule has 0 bridgehead atoms. The lowest BCUT2D eigenvalue weighted by Gasteiger charge is -2.48. The number of hydrogen-bond acceptors (Lipinski definition) is 4. The molecule has 5 aliphatic rings. The Bertz CT molecular complexity index is 4650. The normalized spacial score (nSPS) is 18.6. The highest BCUT2D eigenvalue weighted by atomic mass is 16.3. The smallest absolute Gasteiger partial charge is 0.333 e. The number of anilines is 8. The molecule has 0 unspecified atom stereocenters. The molecule has 1 aromatic heterocycles. The van der Waals surface area contributed by atoms with Crippen molar-refractivity contribution in [3.63, 3.8) is 0 Å². The maximum absolute atomic E-state index is 7.79. The molecule has 0 spiro atoms. The van der Waals surface area contributed by atoms with Gasteiger partial charge in [0, 0.05) is 61.8 Å². The lowest BCUT2D eigenvalue weighted by molar-refractivity contribution is 0.332. The lowest BCUT2D eigenvalue weighted by atomic mass is 9.43. The SMILES string of the molecule is Cc1cc2c(cc1N1c3cc(-c4ccccc4)ccc3B3c4c(cc(N(c5cccc(C(C)(C)C)c5)c5cccc(C(C)(C)C)c5)cc41)-c1c(ccc4c1oc1cc5c(cc14)C(C)(C)CCC5(C)C)N3c1ccc3c(c1)C(C)(C)CCC3(C)C)C(C)(C)CCC2(C)C. The van der Waals surface area contributed by atoms with Gasteiger partial charge in [-0.3, -0.25) is 0 Å². The quantitative estimate of drug-likeness (QED) is 0.155. The molecule has 2 aliphatic heterocycles. The highest BCUT2D eigenvalue weighted by molar-refractivity contribution is 6.93. The van der Waals surface area contributed by atoms with E-state index in [1.165, 1.54) is 106 Å². The summed E-state index contributed by atoms with van der Waals surface area (Å²) in [6.45, 7) is 45.7. The molecule has 9 aromatic carbocycles. The maximum atomic E-state index is 7.79. The van der Waals surface area contributed by atoms with E-state index in [1.807, 2.05) is 0 Å². The van der Waals surface area contributed by atoms with Crippen LogP contribution < -0.4 is 25.5 Å². The molecule has 0 fully saturated rings. The molecule has 0 saturated carbocycles. The Morgan fingerprint density at radius 1 is 0.413 bits per heavy atom. The van der Waals surface area contributed by atoms with E-state index in [1.54, 1.807) is 0 Å². The number of furan rings is 1. The Morgan fingerprint density at radius 3 is 1.54 bits per heavy atom. The fourth-order valence-corrected chi connectivity index (χ4v) is 17.1. The van der Waals surface area contributed by atoms with E-state index < -0.39 is 0 Å². The minimum absolute atomic E-state index is 0.0126. The largest absolute Gasteiger partial charge is 0.455 e. The first-order valence-corrected chi connectivity index (χ1v) is 34.6. The van der Waals surface area contributed by atoms with Crippen molar-refractivity contribution < 1.29 is 4.42 Å². The third kappa shape index (κ3) is 9.41. The summed E-state index contributed by atoms with van der Waals surface area (Å²) in [7, 11) is 0. The highest BCUT2D eigenvalue weighted by Crippen LogP contribution is 2.58. The van der Waals surface area contributed by atoms with Crippen molar-refractivity contribution >= 4 is 85.2 Å². The summed E-state index contributed by atoms with van der Waals surface area (Å²) < 4.78 is 7.79. The molecule has 3 aliphatic carbocycles. The second-order valence-corrected chi connectivity index (χ2v) is 34.7. The van der Waals surface area contributed by atoms with Crippen LogP contribution in [-0.4, -0.2) is 6.85 Å². The fourth-order valence-electron chi connectivity index (χ4n) is 17.1. The van der Waals surface area contributed by atoms with E-state index in [0.29, 0.717) is 0 Å². The molecule has 0 amide bonds. The molecule has 3 heterocycles. The van der Waals surface area contributed by atoms with Crippen LogP contribution in [0.25, 0.3) is 44.2 Å². The van der Waals surface area contributed by atoms with Crippen LogP contribution in [0.15, 0.2) is 168 Å². The first-order chi connectivity index (χ1) is 43.2. The molecule has 0 radical (unpaired) electrons. The molecule has 92 heavy (non-hydrogen) atoms. The number of nitrogens with zero attached hydrogens (tertiary/aromatic N) is 3. The molecule has 15 rings (SSSR count). The summed E-state index contributed by atoms with van der Waals surface area (Å²) in [5.41, 5.74) is 31.0. The van der Waals surface area contributed by atoms with Crippen molar-refractivity contribution in [1.82, 2.24) is 0 Å². The molecule has 0 saturated heterocycles. The van der Waals surface area contributed by atoms with Gasteiger partial charge in [-0.2, -0.15) is 0 Å². The summed E-state index contributed by atoms with van der Waals surface area (Å²) in [5.74, 6) is 0. The average molecular weight is 1210 g/mol. The standard InChI is InChI=1S/C87H96BN3O/c1-53-43-66-69(86(16,17)41-39-83(66,10)11)51-73(53)90-74-44-55(54-25-21-20-22-26-54)31-35-71(74)88-78-64(47-61(49-75(78)90)89(58-29-23-27-56(45-58)80(2,3)4)59-30-24-28-57(46-59)81(5,6)7)77-72(91(88)60-32-34-65-67(48-60)84(12,13)38-37-82(65,8)9)36-33-62-63-50-68-70(52-76(63)92-79(62)77)87(18,19)42-40-85(68,14)15/h20-36,43-52H,37-42H2,1-19H3. The van der Waals surface area contributed by atoms with E-state index in [-0.39, 0.29) is 50.2 Å². The van der Waals surface area contributed by atoms with E-state index in [4.69, 9.17) is 4.42 Å². The average Bonchev–Trinajstić information content (AvgIpc) is 1.02. The predicted molar refractivity (Wildman–Crippen MR) is 396 cm³/mol. The van der Waals surface area contributed by atoms with Crippen molar-refractivity contribution in [3.8, 4) is 22.3 Å². The number of benzene rings is 9. The molecular weight excluding hydrogens is 1110 g/mol. The van der Waals surface area contributed by atoms with Crippen LogP contribution in [0.1, 0.15) is 213 Å². The molecule has 5 heteroatoms. The number of fused-ring (bicyclic) bond motifs is 11. The van der Waals surface area contributed by atoms with Gasteiger partial charge in [0.2, 0.25) is 0 Å². The Labute approximate surface area is 550 Å². The van der Waals surface area contributed by atoms with E-state index >= 15 is 0 Å². The van der Waals surface area contributed by atoms with E-state index in [9.17, 15) is 0 Å². The summed E-state index contributed by atoms with van der Waals surface area (Å²) >= 11 is 0. The fraction of sp³-hybridized carbons (Fsp3) is 0.379. The Balaban J connectivity index is 1.13. The zero-order valence-corrected chi connectivity index (χ0v) is 58.7. The maximum Gasteiger partial charge on any atom is 0.333 e. The molecule has 0 N–H and O–H groups in total. The van der Waals surface area contributed by atoms with Gasteiger partial charge >= 0.3 is 6.85 Å². The van der Waals surface area contributed by atoms with Crippen LogP contribution in [0.4, 0.5) is 45.5 Å². The Kier molecular flexibility index (Phi) is 13.2. The van der Waals surface area contributed by atoms with Crippen LogP contribution in [0.3, 0.4) is 0 Å². The van der Waals surface area contributed by atoms with Crippen LogP contribution in [-0.2, 0) is 43.3 Å². The van der Waals surface area contributed by atoms with Gasteiger partial charge in [0.05, 0.1) is 0 Å². The number of hydrogen-bond donors (Lipinski definition) is 0. The van der Waals surface area contributed by atoms with E-state index in [2.05, 4.69) is 310 Å². The topological polar surface area (TPSA) is 22.9 Å². The van der Waals surface area contributed by atoms with Gasteiger partial charge in [-0.1, -0.05) is 203 Å². The molecule has 468 valence electrons.